The number of hydrogen-bond acceptors (Lipinski definition) is 3. The summed E-state index contributed by atoms with van der Waals surface area (Å²) in [5.74, 6) is 0.630. The number of nitrogens with two attached hydrogens (primary N) is 1. The predicted molar refractivity (Wildman–Crippen MR) is 64.9 cm³/mol. The van der Waals surface area contributed by atoms with E-state index in [0.29, 0.717) is 0 Å². The lowest BCUT2D eigenvalue weighted by Crippen LogP contribution is -2.36. The van der Waals surface area contributed by atoms with Crippen LogP contribution in [0.25, 0.3) is 0 Å². The zero-order valence-corrected chi connectivity index (χ0v) is 9.66. The van der Waals surface area contributed by atoms with Gasteiger partial charge in [0, 0.05) is 5.54 Å². The molecule has 17 heavy (non-hydrogen) atoms. The first-order chi connectivity index (χ1) is 8.19. The van der Waals surface area contributed by atoms with Crippen molar-refractivity contribution in [1.82, 2.24) is 0 Å². The minimum Gasteiger partial charge on any atom is -0.482 e. The summed E-state index contributed by atoms with van der Waals surface area (Å²) in [5, 5.41) is 2.89. The number of fused-ring (bicyclic) bond motifs is 1. The van der Waals surface area contributed by atoms with E-state index in [4.69, 9.17) is 10.5 Å². The lowest BCUT2D eigenvalue weighted by atomic mass is 9.87. The molecule has 1 fully saturated rings. The highest BCUT2D eigenvalue weighted by Crippen LogP contribution is 2.43. The van der Waals surface area contributed by atoms with Crippen LogP contribution in [0.4, 0.5) is 5.69 Å². The van der Waals surface area contributed by atoms with Crippen LogP contribution >= 0.6 is 0 Å². The van der Waals surface area contributed by atoms with Crippen molar-refractivity contribution in [2.75, 3.05) is 11.9 Å². The molecule has 2 aliphatic rings. The number of amides is 1. The molecule has 0 saturated heterocycles. The molecule has 0 unspecified atom stereocenters. The Morgan fingerprint density at radius 3 is 2.82 bits per heavy atom. The average Bonchev–Trinajstić information content (AvgIpc) is 2.76. The van der Waals surface area contributed by atoms with Gasteiger partial charge in [0.25, 0.3) is 5.91 Å². The van der Waals surface area contributed by atoms with Gasteiger partial charge >= 0.3 is 0 Å². The minimum absolute atomic E-state index is 0.0913. The Bertz CT molecular complexity index is 464. The third-order valence-electron chi connectivity index (χ3n) is 3.68. The number of ether oxygens (including phenoxy) is 1. The van der Waals surface area contributed by atoms with Gasteiger partial charge in [0.2, 0.25) is 0 Å². The highest BCUT2D eigenvalue weighted by atomic mass is 16.5. The highest BCUT2D eigenvalue weighted by Gasteiger charge is 2.35. The topological polar surface area (TPSA) is 64.3 Å². The summed E-state index contributed by atoms with van der Waals surface area (Å²) in [5.41, 5.74) is 7.92. The van der Waals surface area contributed by atoms with Crippen molar-refractivity contribution in [3.63, 3.8) is 0 Å². The minimum atomic E-state index is -0.306. The number of nitrogens with one attached hydrogen (secondary N) is 1. The van der Waals surface area contributed by atoms with E-state index in [-0.39, 0.29) is 18.1 Å². The Morgan fingerprint density at radius 1 is 1.29 bits per heavy atom. The van der Waals surface area contributed by atoms with E-state index in [1.54, 1.807) is 0 Å². The fraction of sp³-hybridized carbons (Fsp3) is 0.462. The summed E-state index contributed by atoms with van der Waals surface area (Å²) in [6.45, 7) is 0.0913. The first-order valence-electron chi connectivity index (χ1n) is 6.04. The third-order valence-corrected chi connectivity index (χ3v) is 3.68. The maximum absolute atomic E-state index is 11.4. The SMILES string of the molecule is NC1(c2cccc3c2NC(=O)CO3)CCCC1. The van der Waals surface area contributed by atoms with Crippen molar-refractivity contribution in [1.29, 1.82) is 0 Å². The van der Waals surface area contributed by atoms with E-state index in [1.807, 2.05) is 18.2 Å². The number of carbonyl (C=O) groups excluding carboxylic acids is 1. The van der Waals surface area contributed by atoms with Gasteiger partial charge in [-0.2, -0.15) is 0 Å². The molecule has 1 aliphatic carbocycles. The fourth-order valence-electron chi connectivity index (χ4n) is 2.79. The van der Waals surface area contributed by atoms with E-state index in [0.717, 1.165) is 42.7 Å². The van der Waals surface area contributed by atoms with Gasteiger partial charge in [-0.05, 0) is 24.5 Å². The van der Waals surface area contributed by atoms with Crippen LogP contribution in [0.1, 0.15) is 31.2 Å². The van der Waals surface area contributed by atoms with E-state index >= 15 is 0 Å². The largest absolute Gasteiger partial charge is 0.482 e. The van der Waals surface area contributed by atoms with Crippen molar-refractivity contribution in [3.05, 3.63) is 23.8 Å². The molecule has 1 aromatic rings. The van der Waals surface area contributed by atoms with Crippen LogP contribution in [0.15, 0.2) is 18.2 Å². The van der Waals surface area contributed by atoms with Gasteiger partial charge in [-0.15, -0.1) is 0 Å². The second-order valence-electron chi connectivity index (χ2n) is 4.88. The van der Waals surface area contributed by atoms with Crippen LogP contribution in [-0.4, -0.2) is 12.5 Å². The number of carbonyl (C=O) groups is 1. The zero-order valence-electron chi connectivity index (χ0n) is 9.66. The molecule has 0 spiro atoms. The Kier molecular flexibility index (Phi) is 2.33. The molecule has 4 nitrogen and oxygen atoms in total. The molecule has 1 aromatic carbocycles. The van der Waals surface area contributed by atoms with E-state index in [2.05, 4.69) is 5.32 Å². The van der Waals surface area contributed by atoms with E-state index in [1.165, 1.54) is 0 Å². The maximum Gasteiger partial charge on any atom is 0.262 e. The molecule has 0 bridgehead atoms. The monoisotopic (exact) mass is 232 g/mol. The zero-order chi connectivity index (χ0) is 11.9. The van der Waals surface area contributed by atoms with Crippen molar-refractivity contribution < 1.29 is 9.53 Å². The first-order valence-corrected chi connectivity index (χ1v) is 6.04. The van der Waals surface area contributed by atoms with Crippen molar-refractivity contribution in [2.24, 2.45) is 5.73 Å². The van der Waals surface area contributed by atoms with Crippen LogP contribution < -0.4 is 15.8 Å². The van der Waals surface area contributed by atoms with Gasteiger partial charge in [-0.1, -0.05) is 25.0 Å². The molecule has 90 valence electrons. The molecule has 1 saturated carbocycles. The summed E-state index contributed by atoms with van der Waals surface area (Å²) in [4.78, 5) is 11.4. The first kappa shape index (κ1) is 10.6. The van der Waals surface area contributed by atoms with Gasteiger partial charge in [0.1, 0.15) is 5.75 Å². The average molecular weight is 232 g/mol. The molecular weight excluding hydrogens is 216 g/mol. The number of rotatable bonds is 1. The van der Waals surface area contributed by atoms with Gasteiger partial charge in [-0.3, -0.25) is 4.79 Å². The fourth-order valence-corrected chi connectivity index (χ4v) is 2.79. The lowest BCUT2D eigenvalue weighted by Gasteiger charge is -2.30. The van der Waals surface area contributed by atoms with E-state index < -0.39 is 0 Å². The number of hydrogen-bond donors (Lipinski definition) is 2. The van der Waals surface area contributed by atoms with Crippen LogP contribution in [0, 0.1) is 0 Å². The van der Waals surface area contributed by atoms with Crippen LogP contribution in [0.5, 0.6) is 5.75 Å². The smallest absolute Gasteiger partial charge is 0.262 e. The summed E-state index contributed by atoms with van der Waals surface area (Å²) in [7, 11) is 0. The molecule has 1 aliphatic heterocycles. The molecule has 3 rings (SSSR count). The predicted octanol–water partition coefficient (Wildman–Crippen LogP) is 1.75. The molecule has 0 radical (unpaired) electrons. The van der Waals surface area contributed by atoms with Gasteiger partial charge in [0.15, 0.2) is 6.61 Å². The second-order valence-corrected chi connectivity index (χ2v) is 4.88. The van der Waals surface area contributed by atoms with Gasteiger partial charge < -0.3 is 15.8 Å². The number of para-hydroxylation sites is 1. The third kappa shape index (κ3) is 1.69. The summed E-state index contributed by atoms with van der Waals surface area (Å²) in [6.07, 6.45) is 4.24. The highest BCUT2D eigenvalue weighted by molar-refractivity contribution is 5.96. The quantitative estimate of drug-likeness (QED) is 0.775. The van der Waals surface area contributed by atoms with Crippen molar-refractivity contribution in [3.8, 4) is 5.75 Å². The molecule has 4 heteroatoms. The molecule has 3 N–H and O–H groups in total. The van der Waals surface area contributed by atoms with E-state index in [9.17, 15) is 4.79 Å². The summed E-state index contributed by atoms with van der Waals surface area (Å²) >= 11 is 0. The lowest BCUT2D eigenvalue weighted by molar-refractivity contribution is -0.118. The molecule has 0 aromatic heterocycles. The van der Waals surface area contributed by atoms with Crippen LogP contribution in [-0.2, 0) is 10.3 Å². The molecular formula is C13H16N2O2. The molecule has 0 atom stereocenters. The van der Waals surface area contributed by atoms with Gasteiger partial charge in [0.05, 0.1) is 5.69 Å². The van der Waals surface area contributed by atoms with Crippen LogP contribution in [0.2, 0.25) is 0 Å². The summed E-state index contributed by atoms with van der Waals surface area (Å²) in [6, 6.07) is 5.81. The Hall–Kier alpha value is -1.55. The number of benzene rings is 1. The van der Waals surface area contributed by atoms with Crippen molar-refractivity contribution >= 4 is 11.6 Å². The Balaban J connectivity index is 2.08. The van der Waals surface area contributed by atoms with Gasteiger partial charge in [-0.25, -0.2) is 0 Å². The Labute approximate surface area is 100 Å². The number of anilines is 1. The van der Waals surface area contributed by atoms with Crippen molar-refractivity contribution in [2.45, 2.75) is 31.2 Å². The Morgan fingerprint density at radius 2 is 2.06 bits per heavy atom. The van der Waals surface area contributed by atoms with Crippen LogP contribution in [0.3, 0.4) is 0 Å². The molecule has 1 heterocycles. The normalized spacial score (nSPS) is 21.6. The standard InChI is InChI=1S/C13H16N2O2/c14-13(6-1-2-7-13)9-4-3-5-10-12(9)15-11(16)8-17-10/h3-5H,1-2,6-8,14H2,(H,15,16). The maximum atomic E-state index is 11.4. The molecule has 1 amide bonds. The second kappa shape index (κ2) is 3.74. The summed E-state index contributed by atoms with van der Waals surface area (Å²) < 4.78 is 5.41.